The molecule has 2 N–H and O–H groups in total. The van der Waals surface area contributed by atoms with Crippen molar-refractivity contribution in [3.63, 3.8) is 0 Å². The third-order valence-electron chi connectivity index (χ3n) is 3.08. The van der Waals surface area contributed by atoms with Gasteiger partial charge in [0.1, 0.15) is 0 Å². The van der Waals surface area contributed by atoms with Gasteiger partial charge in [0.15, 0.2) is 0 Å². The lowest BCUT2D eigenvalue weighted by Gasteiger charge is -2.12. The Morgan fingerprint density at radius 2 is 2.11 bits per heavy atom. The van der Waals surface area contributed by atoms with Crippen molar-refractivity contribution in [1.82, 2.24) is 10.0 Å². The summed E-state index contributed by atoms with van der Waals surface area (Å²) in [6, 6.07) is 5.24. The fraction of sp³-hybridized carbons (Fsp3) is 0.500. The third kappa shape index (κ3) is 2.89. The van der Waals surface area contributed by atoms with Gasteiger partial charge in [0, 0.05) is 26.7 Å². The molecule has 1 aromatic rings. The largest absolute Gasteiger partial charge is 0.380 e. The van der Waals surface area contributed by atoms with Crippen molar-refractivity contribution in [1.29, 1.82) is 0 Å². The minimum absolute atomic E-state index is 0.143. The number of ether oxygens (including phenoxy) is 1. The highest BCUT2D eigenvalue weighted by molar-refractivity contribution is 7.89. The molecule has 0 saturated heterocycles. The Balaban J connectivity index is 2.15. The van der Waals surface area contributed by atoms with E-state index in [4.69, 9.17) is 4.74 Å². The maximum Gasteiger partial charge on any atom is 0.240 e. The predicted octanol–water partition coefficient (Wildman–Crippen LogP) is 0.603. The number of sulfonamides is 1. The fourth-order valence-corrected chi connectivity index (χ4v) is 3.00. The average Bonchev–Trinajstić information content (AvgIpc) is 2.83. The molecule has 0 amide bonds. The molecule has 2 rings (SSSR count). The Morgan fingerprint density at radius 3 is 2.83 bits per heavy atom. The standard InChI is InChI=1S/C12H18N2O3S/c1-9(17-2)6-14-18(15,16)12-4-3-10-7-13-8-11(10)5-12/h3-5,9,13-14H,6-8H2,1-2H3. The number of rotatable bonds is 5. The van der Waals surface area contributed by atoms with Crippen molar-refractivity contribution in [2.24, 2.45) is 0 Å². The number of hydrogen-bond acceptors (Lipinski definition) is 4. The molecule has 1 aromatic carbocycles. The molecule has 0 saturated carbocycles. The number of methoxy groups -OCH3 is 1. The third-order valence-corrected chi connectivity index (χ3v) is 4.50. The van der Waals surface area contributed by atoms with Crippen molar-refractivity contribution >= 4 is 10.0 Å². The monoisotopic (exact) mass is 270 g/mol. The average molecular weight is 270 g/mol. The van der Waals surface area contributed by atoms with Gasteiger partial charge in [-0.2, -0.15) is 0 Å². The van der Waals surface area contributed by atoms with E-state index in [9.17, 15) is 8.42 Å². The van der Waals surface area contributed by atoms with E-state index in [-0.39, 0.29) is 12.6 Å². The molecule has 6 heteroatoms. The van der Waals surface area contributed by atoms with Crippen molar-refractivity contribution in [2.45, 2.75) is 31.0 Å². The molecule has 18 heavy (non-hydrogen) atoms. The Hall–Kier alpha value is -0.950. The van der Waals surface area contributed by atoms with Gasteiger partial charge in [-0.15, -0.1) is 0 Å². The number of fused-ring (bicyclic) bond motifs is 1. The zero-order chi connectivity index (χ0) is 13.2. The van der Waals surface area contributed by atoms with Crippen LogP contribution >= 0.6 is 0 Å². The fourth-order valence-electron chi connectivity index (χ4n) is 1.83. The zero-order valence-corrected chi connectivity index (χ0v) is 11.4. The van der Waals surface area contributed by atoms with Crippen LogP contribution in [0.25, 0.3) is 0 Å². The van der Waals surface area contributed by atoms with E-state index in [1.165, 1.54) is 5.56 Å². The molecule has 0 bridgehead atoms. The Morgan fingerprint density at radius 1 is 1.39 bits per heavy atom. The molecule has 0 aromatic heterocycles. The van der Waals surface area contributed by atoms with Gasteiger partial charge < -0.3 is 10.1 Å². The lowest BCUT2D eigenvalue weighted by atomic mass is 10.1. The van der Waals surface area contributed by atoms with Crippen LogP contribution < -0.4 is 10.0 Å². The van der Waals surface area contributed by atoms with E-state index in [2.05, 4.69) is 10.0 Å². The minimum Gasteiger partial charge on any atom is -0.380 e. The van der Waals surface area contributed by atoms with Crippen LogP contribution in [-0.2, 0) is 27.8 Å². The van der Waals surface area contributed by atoms with E-state index in [1.807, 2.05) is 13.0 Å². The SMILES string of the molecule is COC(C)CNS(=O)(=O)c1ccc2c(c1)CNC2. The molecule has 1 unspecified atom stereocenters. The molecule has 0 radical (unpaired) electrons. The van der Waals surface area contributed by atoms with Crippen molar-refractivity contribution < 1.29 is 13.2 Å². The van der Waals surface area contributed by atoms with Gasteiger partial charge in [0.2, 0.25) is 10.0 Å². The molecular formula is C12H18N2O3S. The maximum absolute atomic E-state index is 12.1. The summed E-state index contributed by atoms with van der Waals surface area (Å²) in [6.45, 7) is 3.63. The first-order chi connectivity index (χ1) is 8.53. The lowest BCUT2D eigenvalue weighted by molar-refractivity contribution is 0.122. The lowest BCUT2D eigenvalue weighted by Crippen LogP contribution is -2.31. The van der Waals surface area contributed by atoms with E-state index < -0.39 is 10.0 Å². The van der Waals surface area contributed by atoms with Crippen LogP contribution in [-0.4, -0.2) is 28.2 Å². The topological polar surface area (TPSA) is 67.4 Å². The summed E-state index contributed by atoms with van der Waals surface area (Å²) in [5, 5.41) is 3.19. The van der Waals surface area contributed by atoms with E-state index in [0.717, 1.165) is 18.7 Å². The quantitative estimate of drug-likeness (QED) is 0.822. The molecule has 1 aliphatic heterocycles. The maximum atomic E-state index is 12.1. The van der Waals surface area contributed by atoms with Gasteiger partial charge in [0.25, 0.3) is 0 Å². The highest BCUT2D eigenvalue weighted by Gasteiger charge is 2.18. The molecule has 1 heterocycles. The summed E-state index contributed by atoms with van der Waals surface area (Å²) in [7, 11) is -1.89. The van der Waals surface area contributed by atoms with Crippen molar-refractivity contribution in [2.75, 3.05) is 13.7 Å². The molecule has 5 nitrogen and oxygen atoms in total. The number of nitrogens with one attached hydrogen (secondary N) is 2. The number of hydrogen-bond donors (Lipinski definition) is 2. The zero-order valence-electron chi connectivity index (χ0n) is 10.6. The summed E-state index contributed by atoms with van der Waals surface area (Å²) >= 11 is 0. The Bertz CT molecular complexity index is 528. The summed E-state index contributed by atoms with van der Waals surface area (Å²) in [5.41, 5.74) is 2.22. The van der Waals surface area contributed by atoms with Gasteiger partial charge in [-0.3, -0.25) is 0 Å². The normalized spacial score (nSPS) is 16.6. The van der Waals surface area contributed by atoms with E-state index >= 15 is 0 Å². The van der Waals surface area contributed by atoms with Crippen LogP contribution in [0.2, 0.25) is 0 Å². The van der Waals surface area contributed by atoms with Gasteiger partial charge in [-0.05, 0) is 30.2 Å². The molecular weight excluding hydrogens is 252 g/mol. The van der Waals surface area contributed by atoms with E-state index in [1.54, 1.807) is 19.2 Å². The second kappa shape index (κ2) is 5.36. The smallest absolute Gasteiger partial charge is 0.240 e. The highest BCUT2D eigenvalue weighted by atomic mass is 32.2. The van der Waals surface area contributed by atoms with Gasteiger partial charge in [-0.25, -0.2) is 13.1 Å². The van der Waals surface area contributed by atoms with Crippen molar-refractivity contribution in [3.05, 3.63) is 29.3 Å². The number of benzene rings is 1. The summed E-state index contributed by atoms with van der Waals surface area (Å²) in [5.74, 6) is 0. The first-order valence-electron chi connectivity index (χ1n) is 5.88. The second-order valence-corrected chi connectivity index (χ2v) is 6.20. The van der Waals surface area contributed by atoms with Crippen molar-refractivity contribution in [3.8, 4) is 0 Å². The summed E-state index contributed by atoms with van der Waals surface area (Å²) < 4.78 is 31.7. The second-order valence-electron chi connectivity index (χ2n) is 4.43. The van der Waals surface area contributed by atoms with Crippen LogP contribution in [0, 0.1) is 0 Å². The van der Waals surface area contributed by atoms with Crippen LogP contribution in [0.1, 0.15) is 18.1 Å². The molecule has 0 fully saturated rings. The van der Waals surface area contributed by atoms with Crippen LogP contribution in [0.15, 0.2) is 23.1 Å². The molecule has 0 spiro atoms. The Kier molecular flexibility index (Phi) is 4.01. The van der Waals surface area contributed by atoms with Gasteiger partial charge in [0.05, 0.1) is 11.0 Å². The molecule has 0 aliphatic carbocycles. The molecule has 1 atom stereocenters. The van der Waals surface area contributed by atoms with Crippen LogP contribution in [0.3, 0.4) is 0 Å². The van der Waals surface area contributed by atoms with Crippen LogP contribution in [0.4, 0.5) is 0 Å². The summed E-state index contributed by atoms with van der Waals surface area (Å²) in [6.07, 6.45) is -0.143. The van der Waals surface area contributed by atoms with Gasteiger partial charge >= 0.3 is 0 Å². The minimum atomic E-state index is -3.44. The highest BCUT2D eigenvalue weighted by Crippen LogP contribution is 2.19. The van der Waals surface area contributed by atoms with Crippen LogP contribution in [0.5, 0.6) is 0 Å². The predicted molar refractivity (Wildman–Crippen MR) is 68.6 cm³/mol. The molecule has 100 valence electrons. The summed E-state index contributed by atoms with van der Waals surface area (Å²) in [4.78, 5) is 0.313. The van der Waals surface area contributed by atoms with E-state index in [0.29, 0.717) is 4.90 Å². The Labute approximate surface area is 108 Å². The first-order valence-corrected chi connectivity index (χ1v) is 7.36. The van der Waals surface area contributed by atoms with Gasteiger partial charge in [-0.1, -0.05) is 6.07 Å². The first kappa shape index (κ1) is 13.5. The molecule has 1 aliphatic rings.